The summed E-state index contributed by atoms with van der Waals surface area (Å²) in [6.07, 6.45) is 7.08. The zero-order valence-electron chi connectivity index (χ0n) is 12.0. The van der Waals surface area contributed by atoms with E-state index >= 15 is 0 Å². The van der Waals surface area contributed by atoms with Crippen LogP contribution in [0.3, 0.4) is 0 Å². The summed E-state index contributed by atoms with van der Waals surface area (Å²) in [4.78, 5) is 0. The first kappa shape index (κ1) is 16.2. The summed E-state index contributed by atoms with van der Waals surface area (Å²) in [7, 11) is 1.68. The predicted molar refractivity (Wildman–Crippen MR) is 89.7 cm³/mol. The molecule has 0 radical (unpaired) electrons. The molecule has 0 aliphatic heterocycles. The van der Waals surface area contributed by atoms with Crippen LogP contribution in [-0.2, 0) is 6.42 Å². The van der Waals surface area contributed by atoms with Crippen LogP contribution in [0.1, 0.15) is 37.7 Å². The van der Waals surface area contributed by atoms with Crippen LogP contribution in [0.4, 0.5) is 0 Å². The largest absolute Gasteiger partial charge is 0.496 e. The Bertz CT molecular complexity index is 419. The first-order valence-corrected chi connectivity index (χ1v) is 9.15. The SMILES string of the molecule is COc1ccc(Br)cc1CC(O)CSC1CCCCC1. The third-order valence-corrected chi connectivity index (χ3v) is 5.79. The fourth-order valence-corrected chi connectivity index (χ4v) is 4.39. The van der Waals surface area contributed by atoms with Gasteiger partial charge in [0, 0.05) is 21.9 Å². The number of hydrogen-bond donors (Lipinski definition) is 1. The van der Waals surface area contributed by atoms with Gasteiger partial charge in [0.2, 0.25) is 0 Å². The Labute approximate surface area is 134 Å². The normalized spacial score (nSPS) is 17.9. The van der Waals surface area contributed by atoms with Gasteiger partial charge in [0.05, 0.1) is 13.2 Å². The van der Waals surface area contributed by atoms with Crippen molar-refractivity contribution in [3.63, 3.8) is 0 Å². The minimum absolute atomic E-state index is 0.301. The molecule has 0 aromatic heterocycles. The van der Waals surface area contributed by atoms with Crippen molar-refractivity contribution in [2.45, 2.75) is 49.9 Å². The van der Waals surface area contributed by atoms with Gasteiger partial charge in [-0.2, -0.15) is 11.8 Å². The minimum Gasteiger partial charge on any atom is -0.496 e. The molecule has 1 aliphatic rings. The van der Waals surface area contributed by atoms with E-state index in [1.54, 1.807) is 7.11 Å². The van der Waals surface area contributed by atoms with E-state index < -0.39 is 0 Å². The highest BCUT2D eigenvalue weighted by atomic mass is 79.9. The molecule has 1 fully saturated rings. The van der Waals surface area contributed by atoms with Crippen LogP contribution in [0, 0.1) is 0 Å². The molecule has 1 aromatic carbocycles. The molecule has 4 heteroatoms. The van der Waals surface area contributed by atoms with Gasteiger partial charge >= 0.3 is 0 Å². The van der Waals surface area contributed by atoms with Gasteiger partial charge in [-0.25, -0.2) is 0 Å². The summed E-state index contributed by atoms with van der Waals surface area (Å²) in [6, 6.07) is 5.94. The summed E-state index contributed by atoms with van der Waals surface area (Å²) < 4.78 is 6.39. The van der Waals surface area contributed by atoms with Gasteiger partial charge in [-0.1, -0.05) is 35.2 Å². The molecule has 1 atom stereocenters. The van der Waals surface area contributed by atoms with Crippen molar-refractivity contribution in [2.24, 2.45) is 0 Å². The highest BCUT2D eigenvalue weighted by molar-refractivity contribution is 9.10. The molecule has 0 bridgehead atoms. The van der Waals surface area contributed by atoms with Crippen LogP contribution in [0.15, 0.2) is 22.7 Å². The van der Waals surface area contributed by atoms with E-state index in [1.165, 1.54) is 32.1 Å². The number of ether oxygens (including phenoxy) is 1. The molecule has 20 heavy (non-hydrogen) atoms. The topological polar surface area (TPSA) is 29.5 Å². The molecule has 2 rings (SSSR count). The Morgan fingerprint density at radius 2 is 2.10 bits per heavy atom. The maximum Gasteiger partial charge on any atom is 0.122 e. The lowest BCUT2D eigenvalue weighted by Gasteiger charge is -2.22. The summed E-state index contributed by atoms with van der Waals surface area (Å²) in [5, 5.41) is 11.0. The zero-order valence-corrected chi connectivity index (χ0v) is 14.4. The summed E-state index contributed by atoms with van der Waals surface area (Å²) in [6.45, 7) is 0. The number of hydrogen-bond acceptors (Lipinski definition) is 3. The van der Waals surface area contributed by atoms with Crippen LogP contribution < -0.4 is 4.74 Å². The summed E-state index contributed by atoms with van der Waals surface area (Å²) >= 11 is 5.41. The Morgan fingerprint density at radius 1 is 1.35 bits per heavy atom. The lowest BCUT2D eigenvalue weighted by Crippen LogP contribution is -2.18. The van der Waals surface area contributed by atoms with E-state index in [2.05, 4.69) is 15.9 Å². The molecule has 112 valence electrons. The van der Waals surface area contributed by atoms with E-state index in [-0.39, 0.29) is 6.10 Å². The zero-order chi connectivity index (χ0) is 14.4. The third-order valence-electron chi connectivity index (χ3n) is 3.77. The molecule has 0 saturated heterocycles. The van der Waals surface area contributed by atoms with Gasteiger partial charge in [-0.05, 0) is 36.6 Å². The Morgan fingerprint density at radius 3 is 2.80 bits per heavy atom. The molecule has 1 aliphatic carbocycles. The number of aliphatic hydroxyl groups is 1. The average Bonchev–Trinajstić information content (AvgIpc) is 2.46. The average molecular weight is 359 g/mol. The first-order chi connectivity index (χ1) is 9.69. The monoisotopic (exact) mass is 358 g/mol. The van der Waals surface area contributed by atoms with Crippen molar-refractivity contribution in [1.29, 1.82) is 0 Å². The van der Waals surface area contributed by atoms with Crippen LogP contribution >= 0.6 is 27.7 Å². The predicted octanol–water partition coefficient (Wildman–Crippen LogP) is 4.43. The van der Waals surface area contributed by atoms with Crippen molar-refractivity contribution in [1.82, 2.24) is 0 Å². The van der Waals surface area contributed by atoms with Crippen molar-refractivity contribution >= 4 is 27.7 Å². The number of aliphatic hydroxyl groups excluding tert-OH is 1. The fraction of sp³-hybridized carbons (Fsp3) is 0.625. The van der Waals surface area contributed by atoms with Crippen molar-refractivity contribution in [3.05, 3.63) is 28.2 Å². The number of methoxy groups -OCH3 is 1. The third kappa shape index (κ3) is 4.97. The van der Waals surface area contributed by atoms with Crippen molar-refractivity contribution in [2.75, 3.05) is 12.9 Å². The van der Waals surface area contributed by atoms with Gasteiger partial charge in [0.25, 0.3) is 0 Å². The second-order valence-electron chi connectivity index (χ2n) is 5.41. The maximum atomic E-state index is 10.3. The van der Waals surface area contributed by atoms with Gasteiger partial charge in [-0.15, -0.1) is 0 Å². The molecule has 1 saturated carbocycles. The van der Waals surface area contributed by atoms with E-state index in [0.29, 0.717) is 6.42 Å². The number of thioether (sulfide) groups is 1. The summed E-state index contributed by atoms with van der Waals surface area (Å²) in [5.41, 5.74) is 1.07. The standard InChI is InChI=1S/C16H23BrO2S/c1-19-16-8-7-13(17)9-12(16)10-14(18)11-20-15-5-3-2-4-6-15/h7-9,14-15,18H,2-6,10-11H2,1H3. The van der Waals surface area contributed by atoms with Crippen LogP contribution in [0.25, 0.3) is 0 Å². The quantitative estimate of drug-likeness (QED) is 0.815. The lowest BCUT2D eigenvalue weighted by atomic mass is 10.0. The minimum atomic E-state index is -0.301. The lowest BCUT2D eigenvalue weighted by molar-refractivity contribution is 0.198. The molecule has 0 heterocycles. The second-order valence-corrected chi connectivity index (χ2v) is 7.66. The Balaban J connectivity index is 1.84. The fourth-order valence-electron chi connectivity index (χ4n) is 2.70. The molecule has 2 nitrogen and oxygen atoms in total. The first-order valence-electron chi connectivity index (χ1n) is 7.31. The van der Waals surface area contributed by atoms with E-state index in [9.17, 15) is 5.11 Å². The smallest absolute Gasteiger partial charge is 0.122 e. The number of rotatable bonds is 6. The highest BCUT2D eigenvalue weighted by Gasteiger charge is 2.17. The number of benzene rings is 1. The molecule has 0 amide bonds. The highest BCUT2D eigenvalue weighted by Crippen LogP contribution is 2.30. The maximum absolute atomic E-state index is 10.3. The van der Waals surface area contributed by atoms with E-state index in [0.717, 1.165) is 26.8 Å². The van der Waals surface area contributed by atoms with Gasteiger partial charge in [-0.3, -0.25) is 0 Å². The van der Waals surface area contributed by atoms with Crippen molar-refractivity contribution < 1.29 is 9.84 Å². The molecule has 0 spiro atoms. The van der Waals surface area contributed by atoms with Crippen LogP contribution in [0.2, 0.25) is 0 Å². The Hall–Kier alpha value is -0.190. The second kappa shape index (κ2) is 8.30. The molecule has 1 N–H and O–H groups in total. The van der Waals surface area contributed by atoms with Gasteiger partial charge < -0.3 is 9.84 Å². The van der Waals surface area contributed by atoms with Crippen molar-refractivity contribution in [3.8, 4) is 5.75 Å². The molecule has 1 aromatic rings. The molecule has 1 unspecified atom stereocenters. The van der Waals surface area contributed by atoms with E-state index in [1.807, 2.05) is 30.0 Å². The van der Waals surface area contributed by atoms with E-state index in [4.69, 9.17) is 4.74 Å². The van der Waals surface area contributed by atoms with Crippen LogP contribution in [-0.4, -0.2) is 29.3 Å². The molecular weight excluding hydrogens is 336 g/mol. The summed E-state index contributed by atoms with van der Waals surface area (Å²) in [5.74, 6) is 1.68. The van der Waals surface area contributed by atoms with Gasteiger partial charge in [0.15, 0.2) is 0 Å². The van der Waals surface area contributed by atoms with Crippen LogP contribution in [0.5, 0.6) is 5.75 Å². The number of halogens is 1. The Kier molecular flexibility index (Phi) is 6.72. The van der Waals surface area contributed by atoms with Gasteiger partial charge in [0.1, 0.15) is 5.75 Å². The molecular formula is C16H23BrO2S.